The molecular weight excluding hydrogens is 182 g/mol. The zero-order valence-electron chi connectivity index (χ0n) is 10.7. The Morgan fingerprint density at radius 3 is 2.00 bits per heavy atom. The monoisotopic (exact) mass is 209 g/mol. The lowest BCUT2D eigenvalue weighted by Gasteiger charge is -2.43. The summed E-state index contributed by atoms with van der Waals surface area (Å²) < 4.78 is 0. The van der Waals surface area contributed by atoms with Crippen LogP contribution < -0.4 is 5.32 Å². The van der Waals surface area contributed by atoms with E-state index in [1.807, 2.05) is 0 Å². The highest BCUT2D eigenvalue weighted by molar-refractivity contribution is 4.95. The molecule has 0 aromatic rings. The molecule has 1 spiro atoms. The first-order valence-electron chi connectivity index (χ1n) is 6.77. The van der Waals surface area contributed by atoms with Crippen LogP contribution in [-0.4, -0.2) is 12.6 Å². The standard InChI is InChI=1S/C14H27N/c1-13(2,15-3)12-6-10-14(11-7-12)8-4-5-9-14/h12,15H,4-11H2,1-3H3. The third-order valence-corrected chi connectivity index (χ3v) is 5.38. The lowest BCUT2D eigenvalue weighted by Crippen LogP contribution is -2.46. The first kappa shape index (κ1) is 11.4. The fraction of sp³-hybridized carbons (Fsp3) is 1.00. The molecule has 1 N–H and O–H groups in total. The van der Waals surface area contributed by atoms with Crippen LogP contribution in [0.25, 0.3) is 0 Å². The fourth-order valence-electron chi connectivity index (χ4n) is 3.78. The van der Waals surface area contributed by atoms with Crippen LogP contribution in [0, 0.1) is 11.3 Å². The maximum Gasteiger partial charge on any atom is 0.0150 e. The highest BCUT2D eigenvalue weighted by Crippen LogP contribution is 2.51. The molecule has 0 heterocycles. The average molecular weight is 209 g/mol. The molecule has 0 amide bonds. The highest BCUT2D eigenvalue weighted by atomic mass is 14.9. The minimum atomic E-state index is 0.347. The van der Waals surface area contributed by atoms with E-state index >= 15 is 0 Å². The molecule has 2 saturated carbocycles. The van der Waals surface area contributed by atoms with Gasteiger partial charge in [-0.1, -0.05) is 12.8 Å². The van der Waals surface area contributed by atoms with Crippen molar-refractivity contribution in [2.75, 3.05) is 7.05 Å². The summed E-state index contributed by atoms with van der Waals surface area (Å²) in [5.74, 6) is 0.897. The van der Waals surface area contributed by atoms with E-state index in [1.54, 1.807) is 0 Å². The number of nitrogens with one attached hydrogen (secondary N) is 1. The molecular formula is C14H27N. The van der Waals surface area contributed by atoms with Crippen LogP contribution in [0.5, 0.6) is 0 Å². The van der Waals surface area contributed by atoms with Gasteiger partial charge in [-0.05, 0) is 70.8 Å². The number of rotatable bonds is 2. The lowest BCUT2D eigenvalue weighted by atomic mass is 9.65. The molecule has 1 nitrogen and oxygen atoms in total. The molecule has 0 radical (unpaired) electrons. The Bertz CT molecular complexity index is 203. The summed E-state index contributed by atoms with van der Waals surface area (Å²) in [6.45, 7) is 4.73. The zero-order chi connectivity index (χ0) is 10.9. The van der Waals surface area contributed by atoms with Crippen LogP contribution >= 0.6 is 0 Å². The van der Waals surface area contributed by atoms with Gasteiger partial charge in [0.2, 0.25) is 0 Å². The van der Waals surface area contributed by atoms with Gasteiger partial charge in [0, 0.05) is 5.54 Å². The van der Waals surface area contributed by atoms with E-state index < -0.39 is 0 Å². The van der Waals surface area contributed by atoms with Gasteiger partial charge in [-0.2, -0.15) is 0 Å². The second-order valence-corrected chi connectivity index (χ2v) is 6.45. The Morgan fingerprint density at radius 2 is 1.53 bits per heavy atom. The van der Waals surface area contributed by atoms with Crippen molar-refractivity contribution in [3.63, 3.8) is 0 Å². The quantitative estimate of drug-likeness (QED) is 0.730. The fourth-order valence-corrected chi connectivity index (χ4v) is 3.78. The SMILES string of the molecule is CNC(C)(C)C1CCC2(CCCC2)CC1. The van der Waals surface area contributed by atoms with E-state index in [0.29, 0.717) is 5.54 Å². The predicted octanol–water partition coefficient (Wildman–Crippen LogP) is 3.74. The maximum atomic E-state index is 3.49. The van der Waals surface area contributed by atoms with Gasteiger partial charge in [0.25, 0.3) is 0 Å². The van der Waals surface area contributed by atoms with E-state index in [0.717, 1.165) is 11.3 Å². The average Bonchev–Trinajstić information content (AvgIpc) is 2.67. The molecule has 0 unspecified atom stereocenters. The van der Waals surface area contributed by atoms with E-state index in [4.69, 9.17) is 0 Å². The number of hydrogen-bond donors (Lipinski definition) is 1. The predicted molar refractivity (Wildman–Crippen MR) is 66.0 cm³/mol. The molecule has 0 atom stereocenters. The van der Waals surface area contributed by atoms with E-state index in [1.165, 1.54) is 51.4 Å². The summed E-state index contributed by atoms with van der Waals surface area (Å²) in [6, 6.07) is 0. The third-order valence-electron chi connectivity index (χ3n) is 5.38. The van der Waals surface area contributed by atoms with Crippen molar-refractivity contribution in [1.82, 2.24) is 5.32 Å². The Morgan fingerprint density at radius 1 is 1.00 bits per heavy atom. The normalized spacial score (nSPS) is 27.4. The number of hydrogen-bond acceptors (Lipinski definition) is 1. The van der Waals surface area contributed by atoms with Crippen molar-refractivity contribution in [2.24, 2.45) is 11.3 Å². The van der Waals surface area contributed by atoms with E-state index in [2.05, 4.69) is 26.2 Å². The van der Waals surface area contributed by atoms with Crippen molar-refractivity contribution < 1.29 is 0 Å². The van der Waals surface area contributed by atoms with Gasteiger partial charge in [-0.25, -0.2) is 0 Å². The molecule has 0 aromatic carbocycles. The summed E-state index contributed by atoms with van der Waals surface area (Å²) in [4.78, 5) is 0. The summed E-state index contributed by atoms with van der Waals surface area (Å²) >= 11 is 0. The molecule has 0 bridgehead atoms. The first-order valence-corrected chi connectivity index (χ1v) is 6.77. The minimum Gasteiger partial charge on any atom is -0.315 e. The Hall–Kier alpha value is -0.0400. The summed E-state index contributed by atoms with van der Waals surface area (Å²) in [5.41, 5.74) is 1.14. The lowest BCUT2D eigenvalue weighted by molar-refractivity contribution is 0.107. The van der Waals surface area contributed by atoms with Gasteiger partial charge in [-0.3, -0.25) is 0 Å². The molecule has 15 heavy (non-hydrogen) atoms. The second kappa shape index (κ2) is 4.08. The van der Waals surface area contributed by atoms with Crippen molar-refractivity contribution in [2.45, 2.75) is 70.8 Å². The van der Waals surface area contributed by atoms with Gasteiger partial charge in [-0.15, -0.1) is 0 Å². The van der Waals surface area contributed by atoms with Crippen molar-refractivity contribution >= 4 is 0 Å². The molecule has 0 aliphatic heterocycles. The topological polar surface area (TPSA) is 12.0 Å². The van der Waals surface area contributed by atoms with Gasteiger partial charge in [0.05, 0.1) is 0 Å². The Balaban J connectivity index is 1.91. The molecule has 2 fully saturated rings. The highest BCUT2D eigenvalue weighted by Gasteiger charge is 2.40. The zero-order valence-corrected chi connectivity index (χ0v) is 10.7. The van der Waals surface area contributed by atoms with Crippen LogP contribution in [0.1, 0.15) is 65.2 Å². The van der Waals surface area contributed by atoms with E-state index in [9.17, 15) is 0 Å². The van der Waals surface area contributed by atoms with Gasteiger partial charge < -0.3 is 5.32 Å². The second-order valence-electron chi connectivity index (χ2n) is 6.45. The summed E-state index contributed by atoms with van der Waals surface area (Å²) in [6.07, 6.45) is 12.0. The first-order chi connectivity index (χ1) is 7.08. The third kappa shape index (κ3) is 2.22. The molecule has 1 heteroatoms. The van der Waals surface area contributed by atoms with Crippen LogP contribution in [0.15, 0.2) is 0 Å². The summed E-state index contributed by atoms with van der Waals surface area (Å²) in [5, 5.41) is 3.49. The van der Waals surface area contributed by atoms with Crippen LogP contribution in [0.4, 0.5) is 0 Å². The molecule has 2 aliphatic rings. The maximum absolute atomic E-state index is 3.49. The van der Waals surface area contributed by atoms with Crippen LogP contribution in [0.2, 0.25) is 0 Å². The van der Waals surface area contributed by atoms with Gasteiger partial charge >= 0.3 is 0 Å². The molecule has 2 aliphatic carbocycles. The van der Waals surface area contributed by atoms with Gasteiger partial charge in [0.1, 0.15) is 0 Å². The molecule has 0 aromatic heterocycles. The molecule has 88 valence electrons. The Labute approximate surface area is 95.0 Å². The molecule has 0 saturated heterocycles. The summed E-state index contributed by atoms with van der Waals surface area (Å²) in [7, 11) is 2.11. The van der Waals surface area contributed by atoms with Gasteiger partial charge in [0.15, 0.2) is 0 Å². The molecule has 2 rings (SSSR count). The minimum absolute atomic E-state index is 0.347. The van der Waals surface area contributed by atoms with Crippen LogP contribution in [0.3, 0.4) is 0 Å². The van der Waals surface area contributed by atoms with Crippen molar-refractivity contribution in [3.8, 4) is 0 Å². The smallest absolute Gasteiger partial charge is 0.0150 e. The van der Waals surface area contributed by atoms with Crippen LogP contribution in [-0.2, 0) is 0 Å². The Kier molecular flexibility index (Phi) is 3.12. The van der Waals surface area contributed by atoms with E-state index in [-0.39, 0.29) is 0 Å². The van der Waals surface area contributed by atoms with Crippen molar-refractivity contribution in [1.29, 1.82) is 0 Å². The van der Waals surface area contributed by atoms with Crippen molar-refractivity contribution in [3.05, 3.63) is 0 Å². The largest absolute Gasteiger partial charge is 0.315 e.